The van der Waals surface area contributed by atoms with Gasteiger partial charge in [0.1, 0.15) is 23.7 Å². The average molecular weight is 618 g/mol. The van der Waals surface area contributed by atoms with Gasteiger partial charge in [-0.1, -0.05) is 19.9 Å². The summed E-state index contributed by atoms with van der Waals surface area (Å²) in [6.07, 6.45) is 0. The predicted octanol–water partition coefficient (Wildman–Crippen LogP) is 5.26. The van der Waals surface area contributed by atoms with Gasteiger partial charge in [0.2, 0.25) is 5.43 Å². The SMILES string of the molecule is CC.CCOCCOCCNc1ccc(-c2c3cc(F)c(=O)cc-3oc3cc(OCC(=O)OC)c(F)cc23)cc1OCCO. The molecular formula is C32H37F2NO9. The first-order valence-electron chi connectivity index (χ1n) is 14.2. The lowest BCUT2D eigenvalue weighted by atomic mass is 9.93. The Hall–Kier alpha value is -4.26. The van der Waals surface area contributed by atoms with E-state index in [4.69, 9.17) is 23.4 Å². The van der Waals surface area contributed by atoms with Crippen LogP contribution in [0.25, 0.3) is 33.4 Å². The predicted molar refractivity (Wildman–Crippen MR) is 162 cm³/mol. The van der Waals surface area contributed by atoms with Crippen molar-refractivity contribution in [1.82, 2.24) is 0 Å². The number of hydrogen-bond acceptors (Lipinski definition) is 10. The smallest absolute Gasteiger partial charge is 0.343 e. The maximum absolute atomic E-state index is 15.2. The van der Waals surface area contributed by atoms with E-state index in [1.165, 1.54) is 13.2 Å². The minimum atomic E-state index is -1.00. The molecule has 0 fully saturated rings. The topological polar surface area (TPSA) is 126 Å². The Bertz CT molecular complexity index is 1560. The van der Waals surface area contributed by atoms with E-state index in [1.54, 1.807) is 18.2 Å². The van der Waals surface area contributed by atoms with Crippen LogP contribution in [-0.2, 0) is 19.0 Å². The van der Waals surface area contributed by atoms with Crippen molar-refractivity contribution in [3.8, 4) is 33.9 Å². The first-order chi connectivity index (χ1) is 21.4. The summed E-state index contributed by atoms with van der Waals surface area (Å²) in [6, 6.07) is 9.54. The molecule has 0 aromatic heterocycles. The number of carbonyl (C=O) groups is 1. The standard InChI is InChI=1S/C30H31F2NO9.C2H6/c1-3-38-10-11-39-8-6-33-23-5-4-18(12-28(23)40-9-7-34)30-19-13-21(31)24(35)15-25(19)42-26-16-27(22(32)14-20(26)30)41-17-29(36)37-2;1-2/h4-5,12-16,33-34H,3,6-11,17H2,1-2H3;1-2H3. The first kappa shape index (κ1) is 34.2. The van der Waals surface area contributed by atoms with Crippen molar-refractivity contribution in [3.05, 3.63) is 64.3 Å². The molecule has 0 amide bonds. The number of ether oxygens (including phenoxy) is 5. The number of benzene rings is 3. The summed E-state index contributed by atoms with van der Waals surface area (Å²) in [5.41, 5.74) is 0.923. The van der Waals surface area contributed by atoms with Crippen LogP contribution in [0.3, 0.4) is 0 Å². The molecule has 10 nitrogen and oxygen atoms in total. The molecule has 0 atom stereocenters. The lowest BCUT2D eigenvalue weighted by molar-refractivity contribution is -0.142. The summed E-state index contributed by atoms with van der Waals surface area (Å²) < 4.78 is 61.9. The van der Waals surface area contributed by atoms with Gasteiger partial charge in [0.15, 0.2) is 24.0 Å². The van der Waals surface area contributed by atoms with Crippen molar-refractivity contribution < 1.29 is 46.8 Å². The molecule has 2 aromatic carbocycles. The Kier molecular flexibility index (Phi) is 13.3. The molecule has 0 bridgehead atoms. The molecule has 2 aromatic rings. The number of hydrogen-bond donors (Lipinski definition) is 2. The van der Waals surface area contributed by atoms with Crippen LogP contribution in [0.2, 0.25) is 0 Å². The van der Waals surface area contributed by atoms with Crippen molar-refractivity contribution in [2.75, 3.05) is 65.2 Å². The number of aliphatic hydroxyl groups excluding tert-OH is 1. The molecule has 2 aliphatic rings. The molecular weight excluding hydrogens is 580 g/mol. The molecule has 1 aliphatic carbocycles. The van der Waals surface area contributed by atoms with Crippen LogP contribution in [0.1, 0.15) is 20.8 Å². The molecule has 0 saturated carbocycles. The number of anilines is 1. The van der Waals surface area contributed by atoms with Gasteiger partial charge in [0.25, 0.3) is 0 Å². The molecule has 238 valence electrons. The van der Waals surface area contributed by atoms with E-state index >= 15 is 4.39 Å². The van der Waals surface area contributed by atoms with Gasteiger partial charge in [-0.3, -0.25) is 4.79 Å². The summed E-state index contributed by atoms with van der Waals surface area (Å²) in [5.74, 6) is -2.37. The third-order valence-corrected chi connectivity index (χ3v) is 6.16. The monoisotopic (exact) mass is 617 g/mol. The Labute approximate surface area is 253 Å². The van der Waals surface area contributed by atoms with Gasteiger partial charge < -0.3 is 38.5 Å². The zero-order chi connectivity index (χ0) is 32.1. The fraction of sp³-hybridized carbons (Fsp3) is 0.375. The fourth-order valence-corrected chi connectivity index (χ4v) is 4.23. The van der Waals surface area contributed by atoms with Gasteiger partial charge in [0.05, 0.1) is 39.2 Å². The fourth-order valence-electron chi connectivity index (χ4n) is 4.23. The van der Waals surface area contributed by atoms with Crippen molar-refractivity contribution in [3.63, 3.8) is 0 Å². The van der Waals surface area contributed by atoms with E-state index in [0.29, 0.717) is 55.5 Å². The maximum Gasteiger partial charge on any atom is 0.343 e. The van der Waals surface area contributed by atoms with Gasteiger partial charge in [-0.25, -0.2) is 13.6 Å². The highest BCUT2D eigenvalue weighted by Crippen LogP contribution is 2.43. The third kappa shape index (κ3) is 8.65. The van der Waals surface area contributed by atoms with Gasteiger partial charge in [0, 0.05) is 41.8 Å². The Morgan fingerprint density at radius 3 is 2.43 bits per heavy atom. The second-order valence-corrected chi connectivity index (χ2v) is 8.92. The zero-order valence-electron chi connectivity index (χ0n) is 25.2. The van der Waals surface area contributed by atoms with Crippen LogP contribution in [0.4, 0.5) is 14.5 Å². The number of fused-ring (bicyclic) bond motifs is 2. The van der Waals surface area contributed by atoms with E-state index < -0.39 is 29.6 Å². The molecule has 0 saturated heterocycles. The summed E-state index contributed by atoms with van der Waals surface area (Å²) in [6.45, 7) is 7.55. The summed E-state index contributed by atoms with van der Waals surface area (Å²) in [5, 5.41) is 12.8. The highest BCUT2D eigenvalue weighted by molar-refractivity contribution is 6.02. The minimum Gasteiger partial charge on any atom is -0.489 e. The number of aliphatic hydroxyl groups is 1. The normalized spacial score (nSPS) is 10.8. The van der Waals surface area contributed by atoms with E-state index in [2.05, 4.69) is 10.1 Å². The highest BCUT2D eigenvalue weighted by Gasteiger charge is 2.22. The van der Waals surface area contributed by atoms with Crippen molar-refractivity contribution in [2.24, 2.45) is 0 Å². The second kappa shape index (κ2) is 17.1. The van der Waals surface area contributed by atoms with Gasteiger partial charge >= 0.3 is 5.97 Å². The van der Waals surface area contributed by atoms with Crippen molar-refractivity contribution >= 4 is 22.6 Å². The van der Waals surface area contributed by atoms with E-state index in [1.807, 2.05) is 20.8 Å². The largest absolute Gasteiger partial charge is 0.489 e. The Morgan fingerprint density at radius 1 is 0.932 bits per heavy atom. The molecule has 0 unspecified atom stereocenters. The molecule has 44 heavy (non-hydrogen) atoms. The van der Waals surface area contributed by atoms with Gasteiger partial charge in [-0.15, -0.1) is 0 Å². The van der Waals surface area contributed by atoms with Gasteiger partial charge in [-0.2, -0.15) is 0 Å². The Morgan fingerprint density at radius 2 is 1.70 bits per heavy atom. The number of nitrogens with one attached hydrogen (secondary N) is 1. The van der Waals surface area contributed by atoms with Crippen LogP contribution < -0.4 is 20.2 Å². The Balaban J connectivity index is 0.00000259. The quantitative estimate of drug-likeness (QED) is 0.104. The van der Waals surface area contributed by atoms with Crippen LogP contribution in [-0.4, -0.2) is 71.0 Å². The van der Waals surface area contributed by atoms with Crippen LogP contribution in [0, 0.1) is 11.6 Å². The van der Waals surface area contributed by atoms with Crippen molar-refractivity contribution in [1.29, 1.82) is 0 Å². The maximum atomic E-state index is 15.2. The number of rotatable bonds is 15. The van der Waals surface area contributed by atoms with E-state index in [0.717, 1.165) is 18.2 Å². The number of methoxy groups -OCH3 is 1. The third-order valence-electron chi connectivity index (χ3n) is 6.16. The molecule has 2 N–H and O–H groups in total. The molecule has 12 heteroatoms. The van der Waals surface area contributed by atoms with Crippen LogP contribution >= 0.6 is 0 Å². The van der Waals surface area contributed by atoms with Crippen LogP contribution in [0.15, 0.2) is 51.7 Å². The van der Waals surface area contributed by atoms with E-state index in [-0.39, 0.29) is 41.3 Å². The average Bonchev–Trinajstić information content (AvgIpc) is 3.03. The molecule has 4 rings (SSSR count). The molecule has 0 radical (unpaired) electrons. The number of esters is 1. The zero-order valence-corrected chi connectivity index (χ0v) is 25.2. The molecule has 1 heterocycles. The lowest BCUT2D eigenvalue weighted by Gasteiger charge is -2.19. The second-order valence-electron chi connectivity index (χ2n) is 8.92. The summed E-state index contributed by atoms with van der Waals surface area (Å²) >= 11 is 0. The minimum absolute atomic E-state index is 0.00169. The summed E-state index contributed by atoms with van der Waals surface area (Å²) in [7, 11) is 1.17. The molecule has 0 spiro atoms. The highest BCUT2D eigenvalue weighted by atomic mass is 19.1. The lowest BCUT2D eigenvalue weighted by Crippen LogP contribution is -2.13. The summed E-state index contributed by atoms with van der Waals surface area (Å²) in [4.78, 5) is 23.6. The number of halogens is 2. The van der Waals surface area contributed by atoms with Crippen LogP contribution in [0.5, 0.6) is 11.5 Å². The number of carbonyl (C=O) groups excluding carboxylic acids is 1. The van der Waals surface area contributed by atoms with Crippen molar-refractivity contribution in [2.45, 2.75) is 20.8 Å². The van der Waals surface area contributed by atoms with Gasteiger partial charge in [-0.05, 0) is 36.8 Å². The van der Waals surface area contributed by atoms with E-state index in [9.17, 15) is 19.1 Å². The first-order valence-corrected chi connectivity index (χ1v) is 14.2. The molecule has 1 aliphatic heterocycles.